The molecule has 1 saturated heterocycles. The molecule has 1 atom stereocenters. The predicted molar refractivity (Wildman–Crippen MR) is 112 cm³/mol. The van der Waals surface area contributed by atoms with Crippen LogP contribution in [0.4, 0.5) is 0 Å². The molecule has 2 aliphatic rings. The molecule has 1 aromatic carbocycles. The number of guanidine groups is 1. The zero-order valence-corrected chi connectivity index (χ0v) is 17.3. The quantitative estimate of drug-likeness (QED) is 0.444. The number of rotatable bonds is 3. The Labute approximate surface area is 163 Å². The van der Waals surface area contributed by atoms with Crippen molar-refractivity contribution >= 4 is 29.9 Å². The summed E-state index contributed by atoms with van der Waals surface area (Å²) in [7, 11) is 2.22. The van der Waals surface area contributed by atoms with Crippen molar-refractivity contribution in [2.24, 2.45) is 10.9 Å². The molecule has 0 radical (unpaired) electrons. The number of nitrogens with one attached hydrogen (secondary N) is 1. The standard InChI is InChI=1S/C19H30N4.HI/c1-3-20-19(21-13-16-7-6-11-22(2)14-16)23-12-10-17-8-4-5-9-18(17)15-23;/h4-5,8-9,16H,3,6-7,10-15H2,1-2H3,(H,20,21);1H. The number of piperidine rings is 1. The van der Waals surface area contributed by atoms with E-state index in [0.717, 1.165) is 38.6 Å². The maximum atomic E-state index is 4.97. The van der Waals surface area contributed by atoms with Gasteiger partial charge in [0.1, 0.15) is 0 Å². The smallest absolute Gasteiger partial charge is 0.194 e. The maximum Gasteiger partial charge on any atom is 0.194 e. The van der Waals surface area contributed by atoms with E-state index in [1.54, 1.807) is 0 Å². The van der Waals surface area contributed by atoms with Gasteiger partial charge < -0.3 is 15.1 Å². The molecule has 0 aromatic heterocycles. The Bertz CT molecular complexity index is 546. The van der Waals surface area contributed by atoms with E-state index < -0.39 is 0 Å². The maximum absolute atomic E-state index is 4.97. The average molecular weight is 442 g/mol. The molecule has 134 valence electrons. The van der Waals surface area contributed by atoms with Crippen molar-refractivity contribution in [2.75, 3.05) is 39.8 Å². The second-order valence-electron chi connectivity index (χ2n) is 6.91. The van der Waals surface area contributed by atoms with Gasteiger partial charge in [-0.3, -0.25) is 4.99 Å². The predicted octanol–water partition coefficient (Wildman–Crippen LogP) is 2.97. The lowest BCUT2D eigenvalue weighted by atomic mass is 9.99. The molecule has 24 heavy (non-hydrogen) atoms. The Hall–Kier alpha value is -0.820. The fourth-order valence-corrected chi connectivity index (χ4v) is 3.74. The van der Waals surface area contributed by atoms with Crippen LogP contribution < -0.4 is 5.32 Å². The first-order chi connectivity index (χ1) is 11.3. The van der Waals surface area contributed by atoms with E-state index in [0.29, 0.717) is 5.92 Å². The molecule has 5 heteroatoms. The van der Waals surface area contributed by atoms with E-state index in [1.165, 1.54) is 37.1 Å². The Balaban J connectivity index is 0.00000208. The summed E-state index contributed by atoms with van der Waals surface area (Å²) in [6, 6.07) is 8.80. The summed E-state index contributed by atoms with van der Waals surface area (Å²) in [5.74, 6) is 1.80. The molecule has 0 amide bonds. The summed E-state index contributed by atoms with van der Waals surface area (Å²) in [6.45, 7) is 8.50. The summed E-state index contributed by atoms with van der Waals surface area (Å²) >= 11 is 0. The minimum absolute atomic E-state index is 0. The van der Waals surface area contributed by atoms with E-state index in [-0.39, 0.29) is 24.0 Å². The highest BCUT2D eigenvalue weighted by Gasteiger charge is 2.20. The number of hydrogen-bond donors (Lipinski definition) is 1. The van der Waals surface area contributed by atoms with Gasteiger partial charge in [-0.1, -0.05) is 24.3 Å². The highest BCUT2D eigenvalue weighted by Crippen LogP contribution is 2.19. The topological polar surface area (TPSA) is 30.9 Å². The normalized spacial score (nSPS) is 21.8. The van der Waals surface area contributed by atoms with Gasteiger partial charge in [0.15, 0.2) is 5.96 Å². The largest absolute Gasteiger partial charge is 0.357 e. The van der Waals surface area contributed by atoms with Gasteiger partial charge in [-0.15, -0.1) is 24.0 Å². The van der Waals surface area contributed by atoms with Gasteiger partial charge in [0.05, 0.1) is 0 Å². The van der Waals surface area contributed by atoms with Crippen molar-refractivity contribution in [1.29, 1.82) is 0 Å². The molecule has 3 rings (SSSR count). The molecular formula is C19H31IN4. The number of halogens is 1. The first-order valence-corrected chi connectivity index (χ1v) is 9.05. The van der Waals surface area contributed by atoms with Gasteiger partial charge in [-0.25, -0.2) is 0 Å². The van der Waals surface area contributed by atoms with Crippen LogP contribution in [0.5, 0.6) is 0 Å². The Morgan fingerprint density at radius 1 is 1.25 bits per heavy atom. The molecule has 2 heterocycles. The van der Waals surface area contributed by atoms with Gasteiger partial charge in [0.25, 0.3) is 0 Å². The molecule has 0 spiro atoms. The SMILES string of the molecule is CCNC(=NCC1CCCN(C)C1)N1CCc2ccccc2C1.I. The van der Waals surface area contributed by atoms with Crippen LogP contribution in [0.25, 0.3) is 0 Å². The Kier molecular flexibility index (Phi) is 7.81. The molecule has 1 aromatic rings. The van der Waals surface area contributed by atoms with Gasteiger partial charge in [0, 0.05) is 32.7 Å². The van der Waals surface area contributed by atoms with E-state index in [1.807, 2.05) is 0 Å². The number of nitrogens with zero attached hydrogens (tertiary/aromatic N) is 3. The minimum Gasteiger partial charge on any atom is -0.357 e. The summed E-state index contributed by atoms with van der Waals surface area (Å²) in [5.41, 5.74) is 2.94. The number of hydrogen-bond acceptors (Lipinski definition) is 2. The van der Waals surface area contributed by atoms with Gasteiger partial charge in [0.2, 0.25) is 0 Å². The van der Waals surface area contributed by atoms with Gasteiger partial charge in [-0.05, 0) is 56.8 Å². The number of aliphatic imine (C=N–C) groups is 1. The lowest BCUT2D eigenvalue weighted by Gasteiger charge is -2.33. The molecule has 1 unspecified atom stereocenters. The molecule has 2 aliphatic heterocycles. The molecule has 0 aliphatic carbocycles. The van der Waals surface area contributed by atoms with Crippen molar-refractivity contribution in [3.63, 3.8) is 0 Å². The van der Waals surface area contributed by atoms with E-state index in [4.69, 9.17) is 4.99 Å². The second kappa shape index (κ2) is 9.61. The van der Waals surface area contributed by atoms with Crippen LogP contribution in [-0.4, -0.2) is 55.5 Å². The number of fused-ring (bicyclic) bond motifs is 1. The number of likely N-dealkylation sites (tertiary alicyclic amines) is 1. The van der Waals surface area contributed by atoms with Crippen molar-refractivity contribution in [2.45, 2.75) is 32.7 Å². The zero-order valence-electron chi connectivity index (χ0n) is 15.0. The fourth-order valence-electron chi connectivity index (χ4n) is 3.74. The average Bonchev–Trinajstić information content (AvgIpc) is 2.58. The lowest BCUT2D eigenvalue weighted by molar-refractivity contribution is 0.214. The third-order valence-corrected chi connectivity index (χ3v) is 4.99. The molecule has 1 N–H and O–H groups in total. The van der Waals surface area contributed by atoms with Crippen LogP contribution in [0.3, 0.4) is 0 Å². The first-order valence-electron chi connectivity index (χ1n) is 9.05. The monoisotopic (exact) mass is 442 g/mol. The van der Waals surface area contributed by atoms with Crippen LogP contribution >= 0.6 is 24.0 Å². The number of benzene rings is 1. The lowest BCUT2D eigenvalue weighted by Crippen LogP contribution is -2.44. The minimum atomic E-state index is 0. The van der Waals surface area contributed by atoms with Crippen LogP contribution in [0, 0.1) is 5.92 Å². The van der Waals surface area contributed by atoms with Crippen LogP contribution in [0.2, 0.25) is 0 Å². The van der Waals surface area contributed by atoms with Gasteiger partial charge >= 0.3 is 0 Å². The van der Waals surface area contributed by atoms with Crippen molar-refractivity contribution in [3.8, 4) is 0 Å². The molecule has 1 fully saturated rings. The van der Waals surface area contributed by atoms with Crippen LogP contribution in [-0.2, 0) is 13.0 Å². The van der Waals surface area contributed by atoms with E-state index >= 15 is 0 Å². The third-order valence-electron chi connectivity index (χ3n) is 4.99. The highest BCUT2D eigenvalue weighted by molar-refractivity contribution is 14.0. The molecular weight excluding hydrogens is 411 g/mol. The molecule has 0 saturated carbocycles. The third kappa shape index (κ3) is 5.09. The summed E-state index contributed by atoms with van der Waals surface area (Å²) in [6.07, 6.45) is 3.74. The molecule has 0 bridgehead atoms. The van der Waals surface area contributed by atoms with Crippen molar-refractivity contribution in [1.82, 2.24) is 15.1 Å². The first kappa shape index (κ1) is 19.5. The van der Waals surface area contributed by atoms with Crippen molar-refractivity contribution < 1.29 is 0 Å². The Morgan fingerprint density at radius 3 is 2.79 bits per heavy atom. The summed E-state index contributed by atoms with van der Waals surface area (Å²) in [4.78, 5) is 9.83. The summed E-state index contributed by atoms with van der Waals surface area (Å²) in [5, 5.41) is 3.50. The highest BCUT2D eigenvalue weighted by atomic mass is 127. The van der Waals surface area contributed by atoms with Gasteiger partial charge in [-0.2, -0.15) is 0 Å². The van der Waals surface area contributed by atoms with E-state index in [9.17, 15) is 0 Å². The fraction of sp³-hybridized carbons (Fsp3) is 0.632. The molecule has 4 nitrogen and oxygen atoms in total. The Morgan fingerprint density at radius 2 is 2.04 bits per heavy atom. The van der Waals surface area contributed by atoms with Crippen LogP contribution in [0.15, 0.2) is 29.3 Å². The second-order valence-corrected chi connectivity index (χ2v) is 6.91. The van der Waals surface area contributed by atoms with E-state index in [2.05, 4.69) is 53.4 Å². The van der Waals surface area contributed by atoms with Crippen LogP contribution in [0.1, 0.15) is 30.9 Å². The zero-order chi connectivity index (χ0) is 16.1. The summed E-state index contributed by atoms with van der Waals surface area (Å²) < 4.78 is 0. The van der Waals surface area contributed by atoms with Crippen molar-refractivity contribution in [3.05, 3.63) is 35.4 Å².